The van der Waals surface area contributed by atoms with Crippen LogP contribution in [0.5, 0.6) is 0 Å². The van der Waals surface area contributed by atoms with Crippen molar-refractivity contribution in [3.05, 3.63) is 30.3 Å². The number of nitrogens with one attached hydrogen (secondary N) is 2. The number of hydrogen-bond donors (Lipinski definition) is 2. The highest BCUT2D eigenvalue weighted by Crippen LogP contribution is 2.22. The highest BCUT2D eigenvalue weighted by Gasteiger charge is 2.23. The van der Waals surface area contributed by atoms with Gasteiger partial charge in [0.05, 0.1) is 6.54 Å². The van der Waals surface area contributed by atoms with Crippen molar-refractivity contribution in [3.63, 3.8) is 0 Å². The van der Waals surface area contributed by atoms with Gasteiger partial charge in [-0.15, -0.1) is 37.2 Å². The molecule has 1 amide bonds. The number of carbonyl (C=O) groups is 1. The number of amides is 1. The van der Waals surface area contributed by atoms with Crippen LogP contribution < -0.4 is 15.5 Å². The molecule has 2 fully saturated rings. The summed E-state index contributed by atoms with van der Waals surface area (Å²) < 4.78 is 0. The van der Waals surface area contributed by atoms with Gasteiger partial charge in [0.15, 0.2) is 0 Å². The Bertz CT molecular complexity index is 486. The average molecular weight is 412 g/mol. The first-order valence-electron chi connectivity index (χ1n) is 8.31. The summed E-state index contributed by atoms with van der Waals surface area (Å²) in [5.74, 6) is 0.729. The molecule has 2 saturated heterocycles. The minimum absolute atomic E-state index is 0. The van der Waals surface area contributed by atoms with Gasteiger partial charge >= 0.3 is 0 Å². The molecule has 144 valence electrons. The molecule has 1 aromatic rings. The highest BCUT2D eigenvalue weighted by molar-refractivity contribution is 5.86. The van der Waals surface area contributed by atoms with Gasteiger partial charge in [0, 0.05) is 51.5 Å². The lowest BCUT2D eigenvalue weighted by atomic mass is 10.1. The maximum Gasteiger partial charge on any atom is 0.234 e. The molecule has 3 rings (SSSR count). The number of nitrogens with zero attached hydrogens (tertiary/aromatic N) is 2. The fourth-order valence-electron chi connectivity index (χ4n) is 3.26. The third-order valence-electron chi connectivity index (χ3n) is 4.57. The predicted molar refractivity (Wildman–Crippen MR) is 111 cm³/mol. The molecule has 2 heterocycles. The van der Waals surface area contributed by atoms with E-state index in [4.69, 9.17) is 0 Å². The fourth-order valence-corrected chi connectivity index (χ4v) is 3.26. The number of hydrogen-bond acceptors (Lipinski definition) is 4. The van der Waals surface area contributed by atoms with Crippen molar-refractivity contribution in [1.82, 2.24) is 15.5 Å². The van der Waals surface area contributed by atoms with E-state index in [9.17, 15) is 4.79 Å². The van der Waals surface area contributed by atoms with Crippen LogP contribution in [0, 0.1) is 5.92 Å². The van der Waals surface area contributed by atoms with E-state index in [0.29, 0.717) is 12.5 Å². The van der Waals surface area contributed by atoms with Crippen LogP contribution in [0.25, 0.3) is 0 Å². The molecule has 2 aliphatic heterocycles. The van der Waals surface area contributed by atoms with Crippen LogP contribution in [0.15, 0.2) is 30.3 Å². The molecular weight excluding hydrogens is 383 g/mol. The molecule has 0 aromatic heterocycles. The largest absolute Gasteiger partial charge is 0.371 e. The van der Waals surface area contributed by atoms with Gasteiger partial charge in [-0.1, -0.05) is 18.2 Å². The van der Waals surface area contributed by atoms with E-state index in [1.54, 1.807) is 0 Å². The number of piperazine rings is 1. The summed E-state index contributed by atoms with van der Waals surface area (Å²) in [4.78, 5) is 16.7. The van der Waals surface area contributed by atoms with E-state index in [2.05, 4.69) is 44.7 Å². The van der Waals surface area contributed by atoms with Gasteiger partial charge in [-0.25, -0.2) is 0 Å². The predicted octanol–water partition coefficient (Wildman–Crippen LogP) is 1.80. The summed E-state index contributed by atoms with van der Waals surface area (Å²) in [6.07, 6.45) is 1.16. The normalized spacial score (nSPS) is 20.0. The summed E-state index contributed by atoms with van der Waals surface area (Å²) in [5, 5.41) is 6.42. The quantitative estimate of drug-likeness (QED) is 0.776. The molecule has 1 atom stereocenters. The Morgan fingerprint density at radius 3 is 2.44 bits per heavy atom. The SMILES string of the molecule is Cl.Cl.Cl.O=C(CN1CCNCC1)NCC1CCN(c2ccccc2)C1. The fraction of sp³-hybridized carbons (Fsp3) is 0.588. The number of benzene rings is 1. The molecule has 8 heteroatoms. The van der Waals surface area contributed by atoms with E-state index in [-0.39, 0.29) is 43.1 Å². The standard InChI is InChI=1S/C17H26N4O.3ClH/c22-17(14-20-10-7-18-8-11-20)19-12-15-6-9-21(13-15)16-4-2-1-3-5-16;;;/h1-5,15,18H,6-14H2,(H,19,22);3*1H. The van der Waals surface area contributed by atoms with E-state index < -0.39 is 0 Å². The maximum atomic E-state index is 12.0. The zero-order valence-corrected chi connectivity index (χ0v) is 16.8. The number of carbonyl (C=O) groups excluding carboxylic acids is 1. The molecular formula is C17H29Cl3N4O. The van der Waals surface area contributed by atoms with Gasteiger partial charge in [-0.3, -0.25) is 9.69 Å². The van der Waals surface area contributed by atoms with Gasteiger partial charge in [0.2, 0.25) is 5.91 Å². The van der Waals surface area contributed by atoms with E-state index >= 15 is 0 Å². The minimum Gasteiger partial charge on any atom is -0.371 e. The van der Waals surface area contributed by atoms with Crippen molar-refractivity contribution >= 4 is 48.8 Å². The Morgan fingerprint density at radius 1 is 1.08 bits per heavy atom. The molecule has 0 saturated carbocycles. The second kappa shape index (κ2) is 12.6. The number of para-hydroxylation sites is 1. The molecule has 1 unspecified atom stereocenters. The van der Waals surface area contributed by atoms with Crippen LogP contribution in [0.4, 0.5) is 5.69 Å². The van der Waals surface area contributed by atoms with Crippen LogP contribution in [0.3, 0.4) is 0 Å². The molecule has 2 N–H and O–H groups in total. The smallest absolute Gasteiger partial charge is 0.234 e. The lowest BCUT2D eigenvalue weighted by Crippen LogP contribution is -2.48. The van der Waals surface area contributed by atoms with Gasteiger partial charge in [-0.2, -0.15) is 0 Å². The third kappa shape index (κ3) is 7.59. The Labute approximate surface area is 169 Å². The van der Waals surface area contributed by atoms with E-state index in [1.165, 1.54) is 5.69 Å². The third-order valence-corrected chi connectivity index (χ3v) is 4.57. The van der Waals surface area contributed by atoms with Crippen molar-refractivity contribution in [2.24, 2.45) is 5.92 Å². The first kappa shape index (κ1) is 24.3. The Kier molecular flexibility index (Phi) is 12.2. The zero-order chi connectivity index (χ0) is 15.2. The summed E-state index contributed by atoms with van der Waals surface area (Å²) in [6, 6.07) is 10.5. The van der Waals surface area contributed by atoms with Crippen molar-refractivity contribution in [1.29, 1.82) is 0 Å². The van der Waals surface area contributed by atoms with Crippen LogP contribution in [0.2, 0.25) is 0 Å². The first-order chi connectivity index (χ1) is 10.8. The molecule has 0 radical (unpaired) electrons. The van der Waals surface area contributed by atoms with Crippen LogP contribution in [-0.4, -0.2) is 63.2 Å². The molecule has 2 aliphatic rings. The van der Waals surface area contributed by atoms with Crippen LogP contribution >= 0.6 is 37.2 Å². The highest BCUT2D eigenvalue weighted by atomic mass is 35.5. The summed E-state index contributed by atoms with van der Waals surface area (Å²) in [5.41, 5.74) is 1.29. The minimum atomic E-state index is 0. The van der Waals surface area contributed by atoms with Crippen LogP contribution in [0.1, 0.15) is 6.42 Å². The first-order valence-corrected chi connectivity index (χ1v) is 8.31. The lowest BCUT2D eigenvalue weighted by molar-refractivity contribution is -0.122. The van der Waals surface area contributed by atoms with E-state index in [0.717, 1.165) is 52.2 Å². The Hall–Kier alpha value is -0.720. The lowest BCUT2D eigenvalue weighted by Gasteiger charge is -2.26. The van der Waals surface area contributed by atoms with Crippen molar-refractivity contribution in [2.45, 2.75) is 6.42 Å². The van der Waals surface area contributed by atoms with Gasteiger partial charge in [0.25, 0.3) is 0 Å². The molecule has 0 bridgehead atoms. The molecule has 0 aliphatic carbocycles. The molecule has 1 aromatic carbocycles. The van der Waals surface area contributed by atoms with Gasteiger partial charge < -0.3 is 15.5 Å². The van der Waals surface area contributed by atoms with Crippen molar-refractivity contribution < 1.29 is 4.79 Å². The summed E-state index contributed by atoms with van der Waals surface area (Å²) in [7, 11) is 0. The maximum absolute atomic E-state index is 12.0. The van der Waals surface area contributed by atoms with Gasteiger partial charge in [0.1, 0.15) is 0 Å². The number of halogens is 3. The summed E-state index contributed by atoms with van der Waals surface area (Å²) in [6.45, 7) is 7.38. The second-order valence-corrected chi connectivity index (χ2v) is 6.27. The topological polar surface area (TPSA) is 47.6 Å². The molecule has 5 nitrogen and oxygen atoms in total. The summed E-state index contributed by atoms with van der Waals surface area (Å²) >= 11 is 0. The number of rotatable bonds is 5. The molecule has 0 spiro atoms. The van der Waals surface area contributed by atoms with E-state index in [1.807, 2.05) is 6.07 Å². The van der Waals surface area contributed by atoms with Crippen LogP contribution in [-0.2, 0) is 4.79 Å². The monoisotopic (exact) mass is 410 g/mol. The average Bonchev–Trinajstić information content (AvgIpc) is 3.04. The zero-order valence-electron chi connectivity index (χ0n) is 14.4. The Balaban J connectivity index is 0.00000192. The number of anilines is 1. The van der Waals surface area contributed by atoms with Gasteiger partial charge in [-0.05, 0) is 24.5 Å². The van der Waals surface area contributed by atoms with Crippen molar-refractivity contribution in [3.8, 4) is 0 Å². The van der Waals surface area contributed by atoms with Crippen molar-refractivity contribution in [2.75, 3.05) is 57.3 Å². The Morgan fingerprint density at radius 2 is 1.76 bits per heavy atom. The second-order valence-electron chi connectivity index (χ2n) is 6.27. The molecule has 25 heavy (non-hydrogen) atoms.